The molecule has 2 heterocycles. The topological polar surface area (TPSA) is 45.8 Å². The first-order valence-corrected chi connectivity index (χ1v) is 4.70. The van der Waals surface area contributed by atoms with Gasteiger partial charge in [0, 0.05) is 23.8 Å². The molecule has 3 aromatic rings. The zero-order valence-corrected chi connectivity index (χ0v) is 7.90. The van der Waals surface area contributed by atoms with E-state index >= 15 is 0 Å². The van der Waals surface area contributed by atoms with Gasteiger partial charge < -0.3 is 4.98 Å². The van der Waals surface area contributed by atoms with Crippen molar-refractivity contribution in [3.63, 3.8) is 0 Å². The van der Waals surface area contributed by atoms with Crippen LogP contribution in [-0.2, 0) is 0 Å². The van der Waals surface area contributed by atoms with Crippen LogP contribution in [0.25, 0.3) is 21.7 Å². The summed E-state index contributed by atoms with van der Waals surface area (Å²) >= 11 is 0. The van der Waals surface area contributed by atoms with Gasteiger partial charge >= 0.3 is 0 Å². The molecule has 0 amide bonds. The van der Waals surface area contributed by atoms with E-state index in [1.807, 2.05) is 24.3 Å². The molecule has 3 rings (SSSR count). The number of hydrogen-bond donors (Lipinski definition) is 1. The van der Waals surface area contributed by atoms with E-state index in [2.05, 4.69) is 9.97 Å². The highest BCUT2D eigenvalue weighted by molar-refractivity contribution is 6.04. The fourth-order valence-electron chi connectivity index (χ4n) is 1.79. The van der Waals surface area contributed by atoms with Crippen LogP contribution in [-0.4, -0.2) is 9.97 Å². The number of aromatic amines is 1. The van der Waals surface area contributed by atoms with Gasteiger partial charge in [0.15, 0.2) is 0 Å². The number of benzene rings is 1. The quantitative estimate of drug-likeness (QED) is 0.559. The third kappa shape index (κ3) is 1.21. The van der Waals surface area contributed by atoms with Gasteiger partial charge in [-0.15, -0.1) is 0 Å². The number of nitrogens with zero attached hydrogens (tertiary/aromatic N) is 1. The lowest BCUT2D eigenvalue weighted by Gasteiger charge is -2.01. The van der Waals surface area contributed by atoms with Crippen LogP contribution in [0.4, 0.5) is 0 Å². The lowest BCUT2D eigenvalue weighted by Crippen LogP contribution is -2.02. The lowest BCUT2D eigenvalue weighted by molar-refractivity contribution is 1.31. The molecule has 1 N–H and O–H groups in total. The average Bonchev–Trinajstić information content (AvgIpc) is 2.29. The summed E-state index contributed by atoms with van der Waals surface area (Å²) in [6, 6.07) is 9.30. The number of aromatic nitrogens is 2. The maximum atomic E-state index is 11.3. The highest BCUT2D eigenvalue weighted by atomic mass is 16.1. The summed E-state index contributed by atoms with van der Waals surface area (Å²) in [6.07, 6.45) is 3.52. The van der Waals surface area contributed by atoms with Crippen LogP contribution in [0.15, 0.2) is 47.5 Å². The van der Waals surface area contributed by atoms with Gasteiger partial charge in [-0.25, -0.2) is 0 Å². The van der Waals surface area contributed by atoms with E-state index in [1.165, 1.54) is 6.07 Å². The standard InChI is InChI=1S/C12H8N2O/c15-11-4-3-9-2-1-8-5-6-13-7-10(8)12(9)14-11/h1-7H,(H,14,15). The molecule has 0 saturated carbocycles. The summed E-state index contributed by atoms with van der Waals surface area (Å²) < 4.78 is 0. The first kappa shape index (κ1) is 8.17. The van der Waals surface area contributed by atoms with Crippen LogP contribution in [0.1, 0.15) is 0 Å². The minimum Gasteiger partial charge on any atom is -0.321 e. The normalized spacial score (nSPS) is 10.9. The molecule has 1 aromatic carbocycles. The Bertz CT molecular complexity index is 700. The molecule has 0 spiro atoms. The predicted molar refractivity (Wildman–Crippen MR) is 59.9 cm³/mol. The first-order valence-electron chi connectivity index (χ1n) is 4.70. The molecule has 0 saturated heterocycles. The lowest BCUT2D eigenvalue weighted by atomic mass is 10.1. The van der Waals surface area contributed by atoms with E-state index in [9.17, 15) is 4.79 Å². The van der Waals surface area contributed by atoms with Crippen LogP contribution in [0, 0.1) is 0 Å². The fraction of sp³-hybridized carbons (Fsp3) is 0. The maximum Gasteiger partial charge on any atom is 0.248 e. The minimum absolute atomic E-state index is 0.0844. The molecule has 0 aliphatic rings. The van der Waals surface area contributed by atoms with Crippen LogP contribution in [0.3, 0.4) is 0 Å². The summed E-state index contributed by atoms with van der Waals surface area (Å²) in [5, 5.41) is 3.09. The second-order valence-corrected chi connectivity index (χ2v) is 3.45. The molecule has 3 nitrogen and oxygen atoms in total. The Balaban J connectivity index is 2.63. The number of rotatable bonds is 0. The van der Waals surface area contributed by atoms with Gasteiger partial charge in [0.05, 0.1) is 5.52 Å². The van der Waals surface area contributed by atoms with Gasteiger partial charge in [0.1, 0.15) is 0 Å². The number of fused-ring (bicyclic) bond motifs is 3. The summed E-state index contributed by atoms with van der Waals surface area (Å²) in [5.41, 5.74) is 0.770. The second kappa shape index (κ2) is 2.92. The largest absolute Gasteiger partial charge is 0.321 e. The SMILES string of the molecule is O=c1ccc2ccc3ccncc3c2[nH]1. The summed E-state index contributed by atoms with van der Waals surface area (Å²) in [5.74, 6) is 0. The van der Waals surface area contributed by atoms with E-state index in [-0.39, 0.29) is 5.56 Å². The molecule has 15 heavy (non-hydrogen) atoms. The van der Waals surface area contributed by atoms with Gasteiger partial charge in [-0.2, -0.15) is 0 Å². The monoisotopic (exact) mass is 196 g/mol. The van der Waals surface area contributed by atoms with Crippen molar-refractivity contribution in [3.05, 3.63) is 53.1 Å². The van der Waals surface area contributed by atoms with Crippen LogP contribution < -0.4 is 5.56 Å². The Kier molecular flexibility index (Phi) is 1.59. The third-order valence-electron chi connectivity index (χ3n) is 2.52. The van der Waals surface area contributed by atoms with Crippen molar-refractivity contribution in [2.24, 2.45) is 0 Å². The third-order valence-corrected chi connectivity index (χ3v) is 2.52. The van der Waals surface area contributed by atoms with E-state index in [1.54, 1.807) is 12.4 Å². The van der Waals surface area contributed by atoms with Crippen LogP contribution in [0.2, 0.25) is 0 Å². The number of pyridine rings is 2. The molecule has 0 radical (unpaired) electrons. The number of hydrogen-bond acceptors (Lipinski definition) is 2. The Hall–Kier alpha value is -2.16. The molecular weight excluding hydrogens is 188 g/mol. The van der Waals surface area contributed by atoms with Gasteiger partial charge in [0.2, 0.25) is 5.56 Å². The average molecular weight is 196 g/mol. The molecular formula is C12H8N2O. The van der Waals surface area contributed by atoms with Crippen molar-refractivity contribution >= 4 is 21.7 Å². The van der Waals surface area contributed by atoms with Crippen LogP contribution >= 0.6 is 0 Å². The molecule has 0 fully saturated rings. The maximum absolute atomic E-state index is 11.3. The molecule has 72 valence electrons. The molecule has 3 heteroatoms. The molecule has 0 aliphatic heterocycles. The van der Waals surface area contributed by atoms with Crippen molar-refractivity contribution in [1.82, 2.24) is 9.97 Å². The zero-order chi connectivity index (χ0) is 10.3. The Morgan fingerprint density at radius 3 is 2.73 bits per heavy atom. The van der Waals surface area contributed by atoms with Crippen molar-refractivity contribution < 1.29 is 0 Å². The van der Waals surface area contributed by atoms with E-state index in [4.69, 9.17) is 0 Å². The van der Waals surface area contributed by atoms with Gasteiger partial charge in [-0.1, -0.05) is 12.1 Å². The molecule has 2 aromatic heterocycles. The predicted octanol–water partition coefficient (Wildman–Crippen LogP) is 2.08. The van der Waals surface area contributed by atoms with Gasteiger partial charge in [-0.3, -0.25) is 9.78 Å². The van der Waals surface area contributed by atoms with E-state index in [0.717, 1.165) is 21.7 Å². The summed E-state index contributed by atoms with van der Waals surface area (Å²) in [7, 11) is 0. The van der Waals surface area contributed by atoms with Gasteiger partial charge in [0.25, 0.3) is 0 Å². The minimum atomic E-state index is -0.0844. The highest BCUT2D eigenvalue weighted by Gasteiger charge is 2.00. The zero-order valence-electron chi connectivity index (χ0n) is 7.90. The van der Waals surface area contributed by atoms with Crippen molar-refractivity contribution in [3.8, 4) is 0 Å². The van der Waals surface area contributed by atoms with Crippen molar-refractivity contribution in [1.29, 1.82) is 0 Å². The second-order valence-electron chi connectivity index (χ2n) is 3.45. The molecule has 0 bridgehead atoms. The van der Waals surface area contributed by atoms with E-state index < -0.39 is 0 Å². The highest BCUT2D eigenvalue weighted by Crippen LogP contribution is 2.20. The van der Waals surface area contributed by atoms with Crippen molar-refractivity contribution in [2.75, 3.05) is 0 Å². The molecule has 0 atom stereocenters. The molecule has 0 aliphatic carbocycles. The Morgan fingerprint density at radius 1 is 1.00 bits per heavy atom. The summed E-state index contributed by atoms with van der Waals surface area (Å²) in [4.78, 5) is 18.2. The van der Waals surface area contributed by atoms with E-state index in [0.29, 0.717) is 0 Å². The number of nitrogens with one attached hydrogen (secondary N) is 1. The summed E-state index contributed by atoms with van der Waals surface area (Å²) in [6.45, 7) is 0. The van der Waals surface area contributed by atoms with Crippen molar-refractivity contribution in [2.45, 2.75) is 0 Å². The molecule has 0 unspecified atom stereocenters. The Morgan fingerprint density at radius 2 is 1.80 bits per heavy atom. The number of H-pyrrole nitrogens is 1. The first-order chi connectivity index (χ1) is 7.34. The smallest absolute Gasteiger partial charge is 0.248 e. The Labute approximate surface area is 85.4 Å². The van der Waals surface area contributed by atoms with Gasteiger partial charge in [-0.05, 0) is 22.9 Å². The fourth-order valence-corrected chi connectivity index (χ4v) is 1.79. The van der Waals surface area contributed by atoms with Crippen LogP contribution in [0.5, 0.6) is 0 Å².